The van der Waals surface area contributed by atoms with Gasteiger partial charge in [0.15, 0.2) is 11.5 Å². The van der Waals surface area contributed by atoms with Crippen LogP contribution >= 0.6 is 0 Å². The van der Waals surface area contributed by atoms with Crippen molar-refractivity contribution in [2.24, 2.45) is 0 Å². The highest BCUT2D eigenvalue weighted by Gasteiger charge is 2.29. The maximum absolute atomic E-state index is 14.3. The molecule has 0 bridgehead atoms. The largest absolute Gasteiger partial charge is 0.496 e. The van der Waals surface area contributed by atoms with Crippen LogP contribution in [-0.2, 0) is 11.2 Å². The summed E-state index contributed by atoms with van der Waals surface area (Å²) in [4.78, 5) is 11.2. The molecule has 0 aromatic heterocycles. The highest BCUT2D eigenvalue weighted by Crippen LogP contribution is 2.47. The summed E-state index contributed by atoms with van der Waals surface area (Å²) in [5.41, 5.74) is 1.72. The fraction of sp³-hybridized carbons (Fsp3) is 0.179. The van der Waals surface area contributed by atoms with Crippen LogP contribution < -0.4 is 19.5 Å². The van der Waals surface area contributed by atoms with Gasteiger partial charge in [0.1, 0.15) is 29.7 Å². The second kappa shape index (κ2) is 9.73. The number of halogens is 2. The van der Waals surface area contributed by atoms with E-state index in [1.54, 1.807) is 13.2 Å². The summed E-state index contributed by atoms with van der Waals surface area (Å²) >= 11 is 0. The molecule has 2 N–H and O–H groups in total. The first-order chi connectivity index (χ1) is 17.4. The Morgan fingerprint density at radius 2 is 1.72 bits per heavy atom. The smallest absolute Gasteiger partial charge is 0.303 e. The first-order valence-electron chi connectivity index (χ1n) is 11.4. The fourth-order valence-corrected chi connectivity index (χ4v) is 4.33. The third-order valence-corrected chi connectivity index (χ3v) is 6.07. The lowest BCUT2D eigenvalue weighted by molar-refractivity contribution is -0.136. The zero-order chi connectivity index (χ0) is 25.2. The molecule has 1 heterocycles. The number of aliphatic carboxylic acids is 1. The van der Waals surface area contributed by atoms with Gasteiger partial charge in [-0.1, -0.05) is 36.4 Å². The highest BCUT2D eigenvalue weighted by molar-refractivity contribution is 5.92. The summed E-state index contributed by atoms with van der Waals surface area (Å²) in [6.07, 6.45) is -0.754. The van der Waals surface area contributed by atoms with Gasteiger partial charge < -0.3 is 24.6 Å². The van der Waals surface area contributed by atoms with E-state index >= 15 is 0 Å². The number of hydrogen-bond acceptors (Lipinski definition) is 5. The van der Waals surface area contributed by atoms with Crippen LogP contribution in [0.15, 0.2) is 66.7 Å². The number of aryl methyl sites for hydroxylation is 1. The topological polar surface area (TPSA) is 77.0 Å². The van der Waals surface area contributed by atoms with Crippen LogP contribution in [0.2, 0.25) is 0 Å². The van der Waals surface area contributed by atoms with Crippen molar-refractivity contribution in [1.29, 1.82) is 0 Å². The third-order valence-electron chi connectivity index (χ3n) is 6.07. The molecule has 0 amide bonds. The molecule has 5 rings (SSSR count). The zero-order valence-electron chi connectivity index (χ0n) is 19.4. The molecule has 0 saturated heterocycles. The molecule has 0 saturated carbocycles. The Morgan fingerprint density at radius 1 is 1.00 bits per heavy atom. The molecule has 0 aliphatic carbocycles. The molecular weight excluding hydrogens is 468 g/mol. The summed E-state index contributed by atoms with van der Waals surface area (Å²) in [5.74, 6) is -1.10. The molecule has 1 aliphatic heterocycles. The Hall–Kier alpha value is -4.33. The van der Waals surface area contributed by atoms with Crippen LogP contribution in [0, 0.1) is 11.6 Å². The summed E-state index contributed by atoms with van der Waals surface area (Å²) in [6, 6.07) is 18.9. The van der Waals surface area contributed by atoms with Crippen LogP contribution in [0.25, 0.3) is 21.9 Å². The van der Waals surface area contributed by atoms with Crippen molar-refractivity contribution in [3.8, 4) is 28.4 Å². The Kier molecular flexibility index (Phi) is 6.33. The monoisotopic (exact) mass is 491 g/mol. The van der Waals surface area contributed by atoms with Gasteiger partial charge in [-0.15, -0.1) is 0 Å². The SMILES string of the molecule is COc1cc2ccccc2cc1-c1ccc(CCC(=O)O)c2c1O[C@H](Nc1c(F)cccc1F)CO2. The minimum absolute atomic E-state index is 0.0425. The van der Waals surface area contributed by atoms with Gasteiger partial charge in [-0.05, 0) is 53.1 Å². The van der Waals surface area contributed by atoms with Gasteiger partial charge in [0.05, 0.1) is 7.11 Å². The number of ether oxygens (including phenoxy) is 3. The average Bonchev–Trinajstić information content (AvgIpc) is 2.88. The summed E-state index contributed by atoms with van der Waals surface area (Å²) in [5, 5.41) is 13.9. The van der Waals surface area contributed by atoms with E-state index in [1.165, 1.54) is 6.07 Å². The first-order valence-corrected chi connectivity index (χ1v) is 11.4. The zero-order valence-corrected chi connectivity index (χ0v) is 19.4. The molecule has 6 nitrogen and oxygen atoms in total. The van der Waals surface area contributed by atoms with E-state index in [1.807, 2.05) is 42.5 Å². The van der Waals surface area contributed by atoms with E-state index < -0.39 is 23.8 Å². The van der Waals surface area contributed by atoms with E-state index in [4.69, 9.17) is 19.3 Å². The van der Waals surface area contributed by atoms with Crippen molar-refractivity contribution >= 4 is 22.4 Å². The van der Waals surface area contributed by atoms with Gasteiger partial charge in [0.2, 0.25) is 6.23 Å². The van der Waals surface area contributed by atoms with Crippen LogP contribution in [0.3, 0.4) is 0 Å². The van der Waals surface area contributed by atoms with E-state index in [9.17, 15) is 13.6 Å². The number of carboxylic acids is 1. The Morgan fingerprint density at radius 3 is 2.42 bits per heavy atom. The Balaban J connectivity index is 1.60. The van der Waals surface area contributed by atoms with Crippen LogP contribution in [0.5, 0.6) is 17.2 Å². The number of fused-ring (bicyclic) bond motifs is 2. The maximum atomic E-state index is 14.3. The van der Waals surface area contributed by atoms with Gasteiger partial charge in [0, 0.05) is 17.5 Å². The number of nitrogens with one attached hydrogen (secondary N) is 1. The molecule has 1 aliphatic rings. The maximum Gasteiger partial charge on any atom is 0.303 e. The number of hydrogen-bond donors (Lipinski definition) is 2. The van der Waals surface area contributed by atoms with E-state index in [0.717, 1.165) is 28.5 Å². The minimum atomic E-state index is -0.935. The number of carbonyl (C=O) groups is 1. The van der Waals surface area contributed by atoms with Gasteiger partial charge in [-0.25, -0.2) is 8.78 Å². The second-order valence-corrected chi connectivity index (χ2v) is 8.38. The molecular formula is C28H23F2NO5. The quantitative estimate of drug-likeness (QED) is 0.329. The van der Waals surface area contributed by atoms with Gasteiger partial charge >= 0.3 is 5.97 Å². The van der Waals surface area contributed by atoms with E-state index in [2.05, 4.69) is 5.32 Å². The lowest BCUT2D eigenvalue weighted by Gasteiger charge is -2.31. The van der Waals surface area contributed by atoms with Crippen molar-refractivity contribution < 1.29 is 32.9 Å². The van der Waals surface area contributed by atoms with Crippen LogP contribution in [0.1, 0.15) is 12.0 Å². The molecule has 0 unspecified atom stereocenters. The van der Waals surface area contributed by atoms with Gasteiger partial charge in [-0.3, -0.25) is 4.79 Å². The number of rotatable bonds is 7. The standard InChI is InChI=1S/C28H23F2NO5/c1-34-23-14-18-6-3-2-5-17(18)13-20(23)19-11-9-16(10-12-25(32)33)27-28(19)36-24(15-35-27)31-26-21(29)7-4-8-22(26)30/h2-9,11,13-14,24,31H,10,12,15H2,1H3,(H,32,33)/t24-/m0/s1. The van der Waals surface area contributed by atoms with Gasteiger partial charge in [0.25, 0.3) is 0 Å². The predicted molar refractivity (Wildman–Crippen MR) is 132 cm³/mol. The number of para-hydroxylation sites is 1. The summed E-state index contributed by atoms with van der Waals surface area (Å²) in [6.45, 7) is -0.0425. The number of methoxy groups -OCH3 is 1. The van der Waals surface area contributed by atoms with Crippen molar-refractivity contribution in [2.75, 3.05) is 19.0 Å². The number of anilines is 1. The molecule has 0 spiro atoms. The molecule has 36 heavy (non-hydrogen) atoms. The van der Waals surface area contributed by atoms with E-state index in [0.29, 0.717) is 28.4 Å². The fourth-order valence-electron chi connectivity index (χ4n) is 4.33. The number of benzene rings is 4. The Labute approximate surface area is 206 Å². The molecule has 0 fully saturated rings. The molecule has 4 aromatic rings. The van der Waals surface area contributed by atoms with E-state index in [-0.39, 0.29) is 25.1 Å². The normalized spacial score (nSPS) is 14.5. The predicted octanol–water partition coefficient (Wildman–Crippen LogP) is 6.02. The average molecular weight is 491 g/mol. The first kappa shape index (κ1) is 23.4. The van der Waals surface area contributed by atoms with Crippen LogP contribution in [-0.4, -0.2) is 31.0 Å². The third kappa shape index (κ3) is 4.49. The molecule has 1 atom stereocenters. The number of carboxylic acid groups (broad SMARTS) is 1. The molecule has 184 valence electrons. The van der Waals surface area contributed by atoms with Crippen molar-refractivity contribution in [3.63, 3.8) is 0 Å². The Bertz CT molecular complexity index is 1440. The highest BCUT2D eigenvalue weighted by atomic mass is 19.1. The minimum Gasteiger partial charge on any atom is -0.496 e. The van der Waals surface area contributed by atoms with Crippen molar-refractivity contribution in [3.05, 3.63) is 83.9 Å². The summed E-state index contributed by atoms with van der Waals surface area (Å²) < 4.78 is 46.4. The lowest BCUT2D eigenvalue weighted by Crippen LogP contribution is -2.37. The van der Waals surface area contributed by atoms with Gasteiger partial charge in [-0.2, -0.15) is 0 Å². The van der Waals surface area contributed by atoms with Crippen LogP contribution in [0.4, 0.5) is 14.5 Å². The molecule has 4 aromatic carbocycles. The van der Waals surface area contributed by atoms with Crippen molar-refractivity contribution in [2.45, 2.75) is 19.1 Å². The van der Waals surface area contributed by atoms with Crippen molar-refractivity contribution in [1.82, 2.24) is 0 Å². The lowest BCUT2D eigenvalue weighted by atomic mass is 9.96. The molecule has 8 heteroatoms. The molecule has 0 radical (unpaired) electrons. The second-order valence-electron chi connectivity index (χ2n) is 8.38. The summed E-state index contributed by atoms with van der Waals surface area (Å²) in [7, 11) is 1.57.